The summed E-state index contributed by atoms with van der Waals surface area (Å²) in [6.07, 6.45) is 1.66. The van der Waals surface area contributed by atoms with Gasteiger partial charge in [-0.3, -0.25) is 0 Å². The van der Waals surface area contributed by atoms with E-state index in [4.69, 9.17) is 4.42 Å². The lowest BCUT2D eigenvalue weighted by atomic mass is 9.89. The molecule has 0 aliphatic heterocycles. The Labute approximate surface area is 142 Å². The van der Waals surface area contributed by atoms with Gasteiger partial charge in [0.15, 0.2) is 5.58 Å². The molecule has 7 heteroatoms. The van der Waals surface area contributed by atoms with Gasteiger partial charge in [-0.2, -0.15) is 4.98 Å². The Morgan fingerprint density at radius 2 is 2.12 bits per heavy atom. The molecule has 2 aromatic rings. The number of aromatic nitrogens is 1. The van der Waals surface area contributed by atoms with E-state index >= 15 is 0 Å². The Bertz CT molecular complexity index is 694. The van der Waals surface area contributed by atoms with Gasteiger partial charge in [0.25, 0.3) is 6.01 Å². The number of anilines is 2. The minimum Gasteiger partial charge on any atom is -0.423 e. The van der Waals surface area contributed by atoms with Crippen LogP contribution in [0.3, 0.4) is 0 Å². The van der Waals surface area contributed by atoms with E-state index in [9.17, 15) is 9.90 Å². The summed E-state index contributed by atoms with van der Waals surface area (Å²) < 4.78 is 5.58. The lowest BCUT2D eigenvalue weighted by Gasteiger charge is -2.21. The van der Waals surface area contributed by atoms with Gasteiger partial charge in [0.1, 0.15) is 5.52 Å². The van der Waals surface area contributed by atoms with E-state index in [2.05, 4.69) is 15.6 Å². The SMILES string of the molecule is CN(C)c1nc2cc(NC(=O)NCCCC(C)(C)CO)ccc2o1. The number of rotatable bonds is 7. The fraction of sp³-hybridized carbons (Fsp3) is 0.529. The monoisotopic (exact) mass is 334 g/mol. The molecule has 0 saturated carbocycles. The molecule has 0 saturated heterocycles. The van der Waals surface area contributed by atoms with Gasteiger partial charge in [0, 0.05) is 32.9 Å². The molecule has 0 atom stereocenters. The number of carbonyl (C=O) groups excluding carboxylic acids is 1. The van der Waals surface area contributed by atoms with Gasteiger partial charge in [0.2, 0.25) is 0 Å². The molecule has 1 aromatic heterocycles. The highest BCUT2D eigenvalue weighted by atomic mass is 16.4. The topological polar surface area (TPSA) is 90.6 Å². The van der Waals surface area contributed by atoms with E-state index in [1.165, 1.54) is 0 Å². The van der Waals surface area contributed by atoms with Gasteiger partial charge >= 0.3 is 6.03 Å². The first-order chi connectivity index (χ1) is 11.3. The number of fused-ring (bicyclic) bond motifs is 1. The standard InChI is InChI=1S/C17H26N4O3/c1-17(2,11-22)8-5-9-18-15(23)19-12-6-7-14-13(10-12)20-16(24-14)21(3)4/h6-7,10,22H,5,8-9,11H2,1-4H3,(H2,18,19,23). The first-order valence-electron chi connectivity index (χ1n) is 8.04. The van der Waals surface area contributed by atoms with E-state index < -0.39 is 0 Å². The number of carbonyl (C=O) groups is 1. The zero-order valence-electron chi connectivity index (χ0n) is 14.7. The quantitative estimate of drug-likeness (QED) is 0.677. The Morgan fingerprint density at radius 3 is 2.79 bits per heavy atom. The van der Waals surface area contributed by atoms with E-state index in [1.54, 1.807) is 23.1 Å². The fourth-order valence-electron chi connectivity index (χ4n) is 2.21. The van der Waals surface area contributed by atoms with Crippen LogP contribution in [0.1, 0.15) is 26.7 Å². The molecule has 0 fully saturated rings. The maximum absolute atomic E-state index is 11.9. The Kier molecular flexibility index (Phi) is 5.66. The zero-order chi connectivity index (χ0) is 17.7. The van der Waals surface area contributed by atoms with Crippen molar-refractivity contribution >= 4 is 28.8 Å². The maximum Gasteiger partial charge on any atom is 0.319 e. The highest BCUT2D eigenvalue weighted by Crippen LogP contribution is 2.23. The van der Waals surface area contributed by atoms with E-state index in [1.807, 2.05) is 27.9 Å². The molecular formula is C17H26N4O3. The van der Waals surface area contributed by atoms with E-state index in [0.29, 0.717) is 29.3 Å². The normalized spacial score (nSPS) is 11.5. The number of nitrogens with zero attached hydrogens (tertiary/aromatic N) is 2. The number of oxazole rings is 1. The first kappa shape index (κ1) is 18.1. The molecule has 0 bridgehead atoms. The summed E-state index contributed by atoms with van der Waals surface area (Å²) >= 11 is 0. The first-order valence-corrected chi connectivity index (χ1v) is 8.04. The van der Waals surface area contributed by atoms with Crippen LogP contribution >= 0.6 is 0 Å². The van der Waals surface area contributed by atoms with Crippen LogP contribution in [0, 0.1) is 5.41 Å². The highest BCUT2D eigenvalue weighted by molar-refractivity contribution is 5.91. The molecule has 0 aliphatic rings. The summed E-state index contributed by atoms with van der Waals surface area (Å²) in [7, 11) is 3.71. The van der Waals surface area contributed by atoms with Crippen LogP contribution in [0.2, 0.25) is 0 Å². The number of amides is 2. The Balaban J connectivity index is 1.86. The Morgan fingerprint density at radius 1 is 1.38 bits per heavy atom. The average molecular weight is 334 g/mol. The second-order valence-corrected chi connectivity index (χ2v) is 6.88. The van der Waals surface area contributed by atoms with Gasteiger partial charge in [-0.15, -0.1) is 0 Å². The second kappa shape index (κ2) is 7.53. The molecule has 24 heavy (non-hydrogen) atoms. The summed E-state index contributed by atoms with van der Waals surface area (Å²) in [5.74, 6) is 0. The number of benzene rings is 1. The fourth-order valence-corrected chi connectivity index (χ4v) is 2.21. The molecule has 7 nitrogen and oxygen atoms in total. The molecule has 1 heterocycles. The van der Waals surface area contributed by atoms with Crippen molar-refractivity contribution in [2.45, 2.75) is 26.7 Å². The molecule has 3 N–H and O–H groups in total. The maximum atomic E-state index is 11.9. The third-order valence-electron chi connectivity index (χ3n) is 3.76. The molecule has 132 valence electrons. The lowest BCUT2D eigenvalue weighted by molar-refractivity contribution is 0.148. The average Bonchev–Trinajstić information content (AvgIpc) is 2.95. The van der Waals surface area contributed by atoms with Crippen molar-refractivity contribution in [1.82, 2.24) is 10.3 Å². The van der Waals surface area contributed by atoms with Gasteiger partial charge in [-0.05, 0) is 36.5 Å². The van der Waals surface area contributed by atoms with Crippen molar-refractivity contribution in [3.8, 4) is 0 Å². The second-order valence-electron chi connectivity index (χ2n) is 6.88. The van der Waals surface area contributed by atoms with Crippen molar-refractivity contribution in [1.29, 1.82) is 0 Å². The molecule has 0 spiro atoms. The van der Waals surface area contributed by atoms with Crippen molar-refractivity contribution in [3.63, 3.8) is 0 Å². The molecule has 1 aromatic carbocycles. The molecule has 0 aliphatic carbocycles. The van der Waals surface area contributed by atoms with Crippen LogP contribution in [0.4, 0.5) is 16.5 Å². The third kappa shape index (κ3) is 4.86. The van der Waals surface area contributed by atoms with Crippen LogP contribution in [-0.2, 0) is 0 Å². The Hall–Kier alpha value is -2.28. The summed E-state index contributed by atoms with van der Waals surface area (Å²) in [6.45, 7) is 4.71. The lowest BCUT2D eigenvalue weighted by Crippen LogP contribution is -2.30. The number of aliphatic hydroxyl groups is 1. The predicted octanol–water partition coefficient (Wildman–Crippen LogP) is 2.81. The third-order valence-corrected chi connectivity index (χ3v) is 3.76. The van der Waals surface area contributed by atoms with Crippen molar-refractivity contribution in [3.05, 3.63) is 18.2 Å². The van der Waals surface area contributed by atoms with Gasteiger partial charge in [0.05, 0.1) is 0 Å². The molecule has 2 amide bonds. The number of hydrogen-bond donors (Lipinski definition) is 3. The largest absolute Gasteiger partial charge is 0.423 e. The molecule has 2 rings (SSSR count). The number of hydrogen-bond acceptors (Lipinski definition) is 5. The number of aliphatic hydroxyl groups excluding tert-OH is 1. The predicted molar refractivity (Wildman–Crippen MR) is 95.5 cm³/mol. The van der Waals surface area contributed by atoms with E-state index in [0.717, 1.165) is 12.8 Å². The summed E-state index contributed by atoms with van der Waals surface area (Å²) in [6, 6.07) is 5.61. The van der Waals surface area contributed by atoms with Crippen LogP contribution in [0.25, 0.3) is 11.1 Å². The van der Waals surface area contributed by atoms with Crippen LogP contribution in [-0.4, -0.2) is 43.4 Å². The number of nitrogens with one attached hydrogen (secondary N) is 2. The highest BCUT2D eigenvalue weighted by Gasteiger charge is 2.15. The van der Waals surface area contributed by atoms with Crippen molar-refractivity contribution in [2.75, 3.05) is 37.5 Å². The summed E-state index contributed by atoms with van der Waals surface area (Å²) in [5, 5.41) is 14.8. The summed E-state index contributed by atoms with van der Waals surface area (Å²) in [5.41, 5.74) is 1.92. The summed E-state index contributed by atoms with van der Waals surface area (Å²) in [4.78, 5) is 18.1. The molecule has 0 unspecified atom stereocenters. The van der Waals surface area contributed by atoms with Gasteiger partial charge in [-0.25, -0.2) is 4.79 Å². The molecular weight excluding hydrogens is 308 g/mol. The van der Waals surface area contributed by atoms with Crippen molar-refractivity contribution < 1.29 is 14.3 Å². The van der Waals surface area contributed by atoms with Gasteiger partial charge in [-0.1, -0.05) is 13.8 Å². The van der Waals surface area contributed by atoms with Crippen LogP contribution in [0.15, 0.2) is 22.6 Å². The number of urea groups is 1. The van der Waals surface area contributed by atoms with Crippen molar-refractivity contribution in [2.24, 2.45) is 5.41 Å². The minimum atomic E-state index is -0.257. The zero-order valence-corrected chi connectivity index (χ0v) is 14.7. The minimum absolute atomic E-state index is 0.111. The van der Waals surface area contributed by atoms with Crippen LogP contribution in [0.5, 0.6) is 0 Å². The smallest absolute Gasteiger partial charge is 0.319 e. The van der Waals surface area contributed by atoms with Crippen LogP contribution < -0.4 is 15.5 Å². The van der Waals surface area contributed by atoms with Gasteiger partial charge < -0.3 is 25.1 Å². The molecule has 0 radical (unpaired) electrons. The van der Waals surface area contributed by atoms with E-state index in [-0.39, 0.29) is 18.1 Å².